The lowest BCUT2D eigenvalue weighted by atomic mass is 10.1. The van der Waals surface area contributed by atoms with Crippen LogP contribution in [0.15, 0.2) is 45.1 Å². The van der Waals surface area contributed by atoms with Gasteiger partial charge in [-0.3, -0.25) is 4.79 Å². The van der Waals surface area contributed by atoms with Gasteiger partial charge in [0, 0.05) is 10.6 Å². The second kappa shape index (κ2) is 6.42. The van der Waals surface area contributed by atoms with Crippen LogP contribution in [0.3, 0.4) is 0 Å². The molecule has 106 valence electrons. The number of nitriles is 1. The molecule has 0 spiro atoms. The number of benzene rings is 1. The second-order valence-corrected chi connectivity index (χ2v) is 5.47. The monoisotopic (exact) mass is 297 g/mol. The molecule has 5 heteroatoms. The van der Waals surface area contributed by atoms with Gasteiger partial charge in [-0.25, -0.2) is 4.68 Å². The fraction of sp³-hybridized carbons (Fsp3) is 0.188. The number of nitrogens with zero attached hydrogens (tertiary/aromatic N) is 3. The number of thioether (sulfide) groups is 1. The lowest BCUT2D eigenvalue weighted by Crippen LogP contribution is -2.22. The molecular weight excluding hydrogens is 282 g/mol. The van der Waals surface area contributed by atoms with Crippen molar-refractivity contribution in [2.45, 2.75) is 18.7 Å². The van der Waals surface area contributed by atoms with Crippen molar-refractivity contribution in [2.24, 2.45) is 5.10 Å². The fourth-order valence-corrected chi connectivity index (χ4v) is 2.38. The van der Waals surface area contributed by atoms with Crippen molar-refractivity contribution >= 4 is 18.0 Å². The maximum Gasteiger partial charge on any atom is 0.289 e. The second-order valence-electron chi connectivity index (χ2n) is 4.59. The summed E-state index contributed by atoms with van der Waals surface area (Å²) in [7, 11) is 0. The number of hydrogen-bond donors (Lipinski definition) is 0. The summed E-state index contributed by atoms with van der Waals surface area (Å²) in [6.07, 6.45) is 3.64. The predicted molar refractivity (Wildman–Crippen MR) is 86.1 cm³/mol. The topological polar surface area (TPSA) is 58.1 Å². The highest BCUT2D eigenvalue weighted by molar-refractivity contribution is 7.98. The van der Waals surface area contributed by atoms with Crippen molar-refractivity contribution in [1.29, 1.82) is 5.26 Å². The normalized spacial score (nSPS) is 10.8. The Morgan fingerprint density at radius 2 is 1.95 bits per heavy atom. The van der Waals surface area contributed by atoms with Gasteiger partial charge in [0.25, 0.3) is 5.56 Å². The van der Waals surface area contributed by atoms with Crippen molar-refractivity contribution in [3.05, 3.63) is 63.1 Å². The van der Waals surface area contributed by atoms with Gasteiger partial charge in [-0.15, -0.1) is 11.8 Å². The van der Waals surface area contributed by atoms with Gasteiger partial charge < -0.3 is 0 Å². The van der Waals surface area contributed by atoms with E-state index in [4.69, 9.17) is 5.26 Å². The Morgan fingerprint density at radius 3 is 2.52 bits per heavy atom. The largest absolute Gasteiger partial charge is 0.289 e. The third-order valence-corrected chi connectivity index (χ3v) is 3.85. The van der Waals surface area contributed by atoms with E-state index < -0.39 is 0 Å². The standard InChI is InChI=1S/C16H15N3OS/c1-11-8-12(2)19(16(20)15(11)9-17)18-10-13-4-6-14(21-3)7-5-13/h4-8,10H,1-3H3/b18-10+. The van der Waals surface area contributed by atoms with E-state index in [1.165, 1.54) is 9.57 Å². The van der Waals surface area contributed by atoms with Crippen LogP contribution in [0.2, 0.25) is 0 Å². The SMILES string of the molecule is CSc1ccc(/C=N/n2c(C)cc(C)c(C#N)c2=O)cc1. The summed E-state index contributed by atoms with van der Waals surface area (Å²) in [5.74, 6) is 0. The molecule has 0 amide bonds. The molecule has 2 aromatic rings. The lowest BCUT2D eigenvalue weighted by molar-refractivity contribution is 0.786. The molecule has 21 heavy (non-hydrogen) atoms. The highest BCUT2D eigenvalue weighted by Gasteiger charge is 2.08. The lowest BCUT2D eigenvalue weighted by Gasteiger charge is -2.06. The zero-order valence-electron chi connectivity index (χ0n) is 12.1. The smallest absolute Gasteiger partial charge is 0.266 e. The van der Waals surface area contributed by atoms with Crippen LogP contribution in [-0.2, 0) is 0 Å². The molecule has 2 rings (SSSR count). The van der Waals surface area contributed by atoms with E-state index in [1.807, 2.05) is 36.6 Å². The van der Waals surface area contributed by atoms with E-state index in [9.17, 15) is 4.79 Å². The highest BCUT2D eigenvalue weighted by atomic mass is 32.2. The van der Waals surface area contributed by atoms with Gasteiger partial charge in [0.1, 0.15) is 11.6 Å². The van der Waals surface area contributed by atoms with Gasteiger partial charge >= 0.3 is 0 Å². The van der Waals surface area contributed by atoms with Crippen LogP contribution < -0.4 is 5.56 Å². The zero-order valence-corrected chi connectivity index (χ0v) is 12.9. The molecule has 0 bridgehead atoms. The molecule has 0 fully saturated rings. The van der Waals surface area contributed by atoms with Crippen LogP contribution in [0.25, 0.3) is 0 Å². The van der Waals surface area contributed by atoms with E-state index in [-0.39, 0.29) is 11.1 Å². The number of hydrogen-bond acceptors (Lipinski definition) is 4. The molecule has 4 nitrogen and oxygen atoms in total. The van der Waals surface area contributed by atoms with Crippen molar-refractivity contribution in [3.63, 3.8) is 0 Å². The average Bonchev–Trinajstić information content (AvgIpc) is 2.47. The van der Waals surface area contributed by atoms with E-state index in [1.54, 1.807) is 37.9 Å². The van der Waals surface area contributed by atoms with E-state index in [2.05, 4.69) is 5.10 Å². The van der Waals surface area contributed by atoms with Crippen molar-refractivity contribution in [1.82, 2.24) is 4.68 Å². The molecular formula is C16H15N3OS. The summed E-state index contributed by atoms with van der Waals surface area (Å²) < 4.78 is 1.26. The molecule has 0 saturated carbocycles. The third kappa shape index (κ3) is 3.23. The molecule has 0 saturated heterocycles. The van der Waals surface area contributed by atoms with Crippen LogP contribution in [-0.4, -0.2) is 17.1 Å². The van der Waals surface area contributed by atoms with Gasteiger partial charge in [0.05, 0.1) is 6.21 Å². The third-order valence-electron chi connectivity index (χ3n) is 3.11. The van der Waals surface area contributed by atoms with Crippen molar-refractivity contribution in [3.8, 4) is 6.07 Å². The molecule has 0 radical (unpaired) electrons. The average molecular weight is 297 g/mol. The minimum atomic E-state index is -0.382. The molecule has 0 atom stereocenters. The Labute approximate surface area is 127 Å². The Morgan fingerprint density at radius 1 is 1.29 bits per heavy atom. The summed E-state index contributed by atoms with van der Waals surface area (Å²) >= 11 is 1.67. The van der Waals surface area contributed by atoms with Crippen LogP contribution in [0, 0.1) is 25.2 Å². The van der Waals surface area contributed by atoms with Gasteiger partial charge in [-0.05, 0) is 49.4 Å². The molecule has 0 aliphatic heterocycles. The van der Waals surface area contributed by atoms with Crippen molar-refractivity contribution in [2.75, 3.05) is 6.26 Å². The van der Waals surface area contributed by atoms with Gasteiger partial charge in [0.2, 0.25) is 0 Å². The first-order valence-corrected chi connectivity index (χ1v) is 7.61. The maximum atomic E-state index is 12.2. The van der Waals surface area contributed by atoms with Gasteiger partial charge in [-0.2, -0.15) is 10.4 Å². The van der Waals surface area contributed by atoms with Crippen LogP contribution in [0.4, 0.5) is 0 Å². The quantitative estimate of drug-likeness (QED) is 0.646. The van der Waals surface area contributed by atoms with E-state index in [0.717, 1.165) is 5.56 Å². The first-order valence-electron chi connectivity index (χ1n) is 6.38. The number of pyridine rings is 1. The molecule has 1 heterocycles. The summed E-state index contributed by atoms with van der Waals surface area (Å²) in [6.45, 7) is 3.55. The van der Waals surface area contributed by atoms with Crippen LogP contribution >= 0.6 is 11.8 Å². The first kappa shape index (κ1) is 15.1. The molecule has 0 unspecified atom stereocenters. The van der Waals surface area contributed by atoms with Crippen LogP contribution in [0.1, 0.15) is 22.4 Å². The number of rotatable bonds is 3. The summed E-state index contributed by atoms with van der Waals surface area (Å²) in [4.78, 5) is 13.4. The molecule has 0 N–H and O–H groups in total. The molecule has 1 aromatic heterocycles. The zero-order chi connectivity index (χ0) is 15.4. The number of aromatic nitrogens is 1. The maximum absolute atomic E-state index is 12.2. The Balaban J connectivity index is 2.41. The minimum Gasteiger partial charge on any atom is -0.266 e. The minimum absolute atomic E-state index is 0.135. The fourth-order valence-electron chi connectivity index (χ4n) is 1.98. The molecule has 0 aliphatic carbocycles. The van der Waals surface area contributed by atoms with Gasteiger partial charge in [0.15, 0.2) is 0 Å². The molecule has 1 aromatic carbocycles. The Hall–Kier alpha value is -2.32. The number of aryl methyl sites for hydroxylation is 2. The van der Waals surface area contributed by atoms with Crippen molar-refractivity contribution < 1.29 is 0 Å². The van der Waals surface area contributed by atoms with E-state index in [0.29, 0.717) is 11.3 Å². The summed E-state index contributed by atoms with van der Waals surface area (Å²) in [5.41, 5.74) is 2.03. The predicted octanol–water partition coefficient (Wildman–Crippen LogP) is 2.94. The van der Waals surface area contributed by atoms with Crippen LogP contribution in [0.5, 0.6) is 0 Å². The Kier molecular flexibility index (Phi) is 4.61. The highest BCUT2D eigenvalue weighted by Crippen LogP contribution is 2.14. The first-order chi connectivity index (χ1) is 10.1. The summed E-state index contributed by atoms with van der Waals surface area (Å²) in [6, 6.07) is 11.6. The van der Waals surface area contributed by atoms with Gasteiger partial charge in [-0.1, -0.05) is 12.1 Å². The Bertz CT molecular complexity index is 783. The van der Waals surface area contributed by atoms with E-state index >= 15 is 0 Å². The molecule has 0 aliphatic rings. The summed E-state index contributed by atoms with van der Waals surface area (Å²) in [5, 5.41) is 13.2.